The van der Waals surface area contributed by atoms with Crippen molar-refractivity contribution >= 4 is 21.4 Å². The Hall–Kier alpha value is -1.57. The van der Waals surface area contributed by atoms with E-state index in [4.69, 9.17) is 9.47 Å². The topological polar surface area (TPSA) is 64.6 Å². The molecule has 0 radical (unpaired) electrons. The molecule has 0 unspecified atom stereocenters. The molecule has 0 saturated carbocycles. The highest BCUT2D eigenvalue weighted by Crippen LogP contribution is 2.16. The Bertz CT molecular complexity index is 636. The third-order valence-corrected chi connectivity index (χ3v) is 4.89. The van der Waals surface area contributed by atoms with Gasteiger partial charge < -0.3 is 9.47 Å². The second-order valence-electron chi connectivity index (χ2n) is 4.24. The van der Waals surface area contributed by atoms with Crippen LogP contribution in [-0.2, 0) is 16.6 Å². The van der Waals surface area contributed by atoms with Crippen LogP contribution >= 0.6 is 11.3 Å². The summed E-state index contributed by atoms with van der Waals surface area (Å²) >= 11 is 1.52. The van der Waals surface area contributed by atoms with Crippen LogP contribution in [-0.4, -0.2) is 27.9 Å². The number of thiophene rings is 1. The zero-order valence-corrected chi connectivity index (χ0v) is 13.2. The largest absolute Gasteiger partial charge is 0.497 e. The molecule has 0 fully saturated rings. The van der Waals surface area contributed by atoms with Crippen LogP contribution in [0.4, 0.5) is 0 Å². The van der Waals surface area contributed by atoms with Gasteiger partial charge in [-0.1, -0.05) is 6.07 Å². The van der Waals surface area contributed by atoms with E-state index in [2.05, 4.69) is 4.72 Å². The van der Waals surface area contributed by atoms with Crippen LogP contribution in [0.1, 0.15) is 4.88 Å². The van der Waals surface area contributed by atoms with Gasteiger partial charge in [0, 0.05) is 11.4 Å². The van der Waals surface area contributed by atoms with Crippen LogP contribution in [0.15, 0.2) is 41.8 Å². The second-order valence-corrected chi connectivity index (χ2v) is 7.20. The minimum Gasteiger partial charge on any atom is -0.497 e. The summed E-state index contributed by atoms with van der Waals surface area (Å²) < 4.78 is 36.6. The van der Waals surface area contributed by atoms with Crippen molar-refractivity contribution in [2.24, 2.45) is 0 Å². The van der Waals surface area contributed by atoms with Crippen LogP contribution in [0.2, 0.25) is 0 Å². The lowest BCUT2D eigenvalue weighted by atomic mass is 10.3. The van der Waals surface area contributed by atoms with Gasteiger partial charge in [0.25, 0.3) is 0 Å². The Morgan fingerprint density at radius 1 is 1.14 bits per heavy atom. The van der Waals surface area contributed by atoms with Crippen molar-refractivity contribution < 1.29 is 17.9 Å². The highest BCUT2D eigenvalue weighted by atomic mass is 32.2. The SMILES string of the molecule is COc1ccc(OCCS(=O)(=O)NCc2cccs2)cc1. The number of sulfonamides is 1. The maximum absolute atomic E-state index is 11.8. The Labute approximate surface area is 128 Å². The summed E-state index contributed by atoms with van der Waals surface area (Å²) in [5, 5.41) is 1.91. The van der Waals surface area contributed by atoms with Gasteiger partial charge in [-0.15, -0.1) is 11.3 Å². The van der Waals surface area contributed by atoms with Gasteiger partial charge in [-0.2, -0.15) is 0 Å². The quantitative estimate of drug-likeness (QED) is 0.808. The van der Waals surface area contributed by atoms with E-state index >= 15 is 0 Å². The number of hydrogen-bond acceptors (Lipinski definition) is 5. The van der Waals surface area contributed by atoms with Crippen molar-refractivity contribution in [3.05, 3.63) is 46.7 Å². The van der Waals surface area contributed by atoms with Crippen molar-refractivity contribution in [2.75, 3.05) is 19.5 Å². The molecule has 21 heavy (non-hydrogen) atoms. The fourth-order valence-corrected chi connectivity index (χ4v) is 3.17. The molecule has 1 heterocycles. The van der Waals surface area contributed by atoms with E-state index in [1.165, 1.54) is 11.3 Å². The van der Waals surface area contributed by atoms with Crippen molar-refractivity contribution in [3.8, 4) is 11.5 Å². The van der Waals surface area contributed by atoms with Crippen LogP contribution < -0.4 is 14.2 Å². The first-order valence-corrected chi connectivity index (χ1v) is 8.89. The first kappa shape index (κ1) is 15.8. The standard InChI is InChI=1S/C14H17NO4S2/c1-18-12-4-6-13(7-5-12)19-8-10-21(16,17)15-11-14-3-2-9-20-14/h2-7,9,15H,8,10-11H2,1H3. The fraction of sp³-hybridized carbons (Fsp3) is 0.286. The molecule has 7 heteroatoms. The third-order valence-electron chi connectivity index (χ3n) is 2.73. The van der Waals surface area contributed by atoms with Gasteiger partial charge in [-0.3, -0.25) is 0 Å². The molecule has 0 aliphatic carbocycles. The average Bonchev–Trinajstić information content (AvgIpc) is 2.99. The second kappa shape index (κ2) is 7.44. The molecule has 2 rings (SSSR count). The van der Waals surface area contributed by atoms with Gasteiger partial charge in [0.15, 0.2) is 0 Å². The fourth-order valence-electron chi connectivity index (χ4n) is 1.61. The monoisotopic (exact) mass is 327 g/mol. The van der Waals surface area contributed by atoms with E-state index < -0.39 is 10.0 Å². The lowest BCUT2D eigenvalue weighted by molar-refractivity contribution is 0.339. The molecule has 0 bridgehead atoms. The Morgan fingerprint density at radius 2 is 1.86 bits per heavy atom. The van der Waals surface area contributed by atoms with Crippen LogP contribution in [0.3, 0.4) is 0 Å². The van der Waals surface area contributed by atoms with Gasteiger partial charge in [-0.05, 0) is 35.7 Å². The van der Waals surface area contributed by atoms with E-state index in [0.717, 1.165) is 10.6 Å². The zero-order chi connectivity index (χ0) is 15.1. The molecular formula is C14H17NO4S2. The van der Waals surface area contributed by atoms with E-state index in [1.54, 1.807) is 31.4 Å². The average molecular weight is 327 g/mol. The molecule has 0 spiro atoms. The summed E-state index contributed by atoms with van der Waals surface area (Å²) in [5.74, 6) is 1.27. The van der Waals surface area contributed by atoms with Gasteiger partial charge in [0.1, 0.15) is 18.1 Å². The molecule has 0 aliphatic rings. The molecule has 1 aromatic heterocycles. The lowest BCUT2D eigenvalue weighted by Crippen LogP contribution is -2.28. The summed E-state index contributed by atoms with van der Waals surface area (Å²) in [5.41, 5.74) is 0. The Kier molecular flexibility index (Phi) is 5.60. The molecule has 0 saturated heterocycles. The Balaban J connectivity index is 1.75. The molecule has 1 aromatic carbocycles. The molecule has 114 valence electrons. The smallest absolute Gasteiger partial charge is 0.215 e. The van der Waals surface area contributed by atoms with Gasteiger partial charge in [0.05, 0.1) is 12.9 Å². The molecule has 0 aliphatic heterocycles. The predicted molar refractivity (Wildman–Crippen MR) is 83.4 cm³/mol. The predicted octanol–water partition coefficient (Wildman–Crippen LogP) is 2.26. The number of ether oxygens (including phenoxy) is 2. The Morgan fingerprint density at radius 3 is 2.48 bits per heavy atom. The highest BCUT2D eigenvalue weighted by molar-refractivity contribution is 7.89. The number of hydrogen-bond donors (Lipinski definition) is 1. The zero-order valence-electron chi connectivity index (χ0n) is 11.6. The summed E-state index contributed by atoms with van der Waals surface area (Å²) in [6.07, 6.45) is 0. The van der Waals surface area contributed by atoms with Crippen molar-refractivity contribution in [2.45, 2.75) is 6.54 Å². The van der Waals surface area contributed by atoms with Crippen LogP contribution in [0.25, 0.3) is 0 Å². The highest BCUT2D eigenvalue weighted by Gasteiger charge is 2.10. The van der Waals surface area contributed by atoms with Gasteiger partial charge >= 0.3 is 0 Å². The van der Waals surface area contributed by atoms with Gasteiger partial charge in [-0.25, -0.2) is 13.1 Å². The molecule has 5 nitrogen and oxygen atoms in total. The summed E-state index contributed by atoms with van der Waals surface area (Å²) in [7, 11) is -1.75. The van der Waals surface area contributed by atoms with E-state index in [-0.39, 0.29) is 12.4 Å². The van der Waals surface area contributed by atoms with E-state index in [9.17, 15) is 8.42 Å². The number of nitrogens with one attached hydrogen (secondary N) is 1. The molecule has 0 amide bonds. The molecule has 1 N–H and O–H groups in total. The van der Waals surface area contributed by atoms with Crippen LogP contribution in [0, 0.1) is 0 Å². The maximum Gasteiger partial charge on any atom is 0.215 e. The summed E-state index contributed by atoms with van der Waals surface area (Å²) in [6.45, 7) is 0.425. The number of benzene rings is 1. The third kappa shape index (κ3) is 5.37. The van der Waals surface area contributed by atoms with E-state index in [1.807, 2.05) is 17.5 Å². The first-order chi connectivity index (χ1) is 10.1. The van der Waals surface area contributed by atoms with Crippen molar-refractivity contribution in [1.82, 2.24) is 4.72 Å². The van der Waals surface area contributed by atoms with Crippen LogP contribution in [0.5, 0.6) is 11.5 Å². The number of methoxy groups -OCH3 is 1. The first-order valence-electron chi connectivity index (χ1n) is 6.35. The van der Waals surface area contributed by atoms with Gasteiger partial charge in [0.2, 0.25) is 10.0 Å². The summed E-state index contributed by atoms with van der Waals surface area (Å²) in [6, 6.07) is 10.8. The lowest BCUT2D eigenvalue weighted by Gasteiger charge is -2.08. The minimum atomic E-state index is -3.33. The maximum atomic E-state index is 11.8. The number of rotatable bonds is 8. The molecule has 2 aromatic rings. The molecular weight excluding hydrogens is 310 g/mol. The normalized spacial score (nSPS) is 11.3. The van der Waals surface area contributed by atoms with E-state index in [0.29, 0.717) is 12.3 Å². The summed E-state index contributed by atoms with van der Waals surface area (Å²) in [4.78, 5) is 0.981. The van der Waals surface area contributed by atoms with Crippen molar-refractivity contribution in [1.29, 1.82) is 0 Å². The van der Waals surface area contributed by atoms with Crippen molar-refractivity contribution in [3.63, 3.8) is 0 Å². The molecule has 0 atom stereocenters. The minimum absolute atomic E-state index is 0.0790.